The molecule has 1 aromatic carbocycles. The van der Waals surface area contributed by atoms with Crippen LogP contribution in [0.25, 0.3) is 0 Å². The molecular formula is C16H18N2O3. The van der Waals surface area contributed by atoms with Crippen molar-refractivity contribution in [3.8, 4) is 11.5 Å². The summed E-state index contributed by atoms with van der Waals surface area (Å²) < 4.78 is 10.4. The Hall–Kier alpha value is -2.40. The number of nitrogens with one attached hydrogen (secondary N) is 1. The van der Waals surface area contributed by atoms with Gasteiger partial charge in [0.1, 0.15) is 11.5 Å². The van der Waals surface area contributed by atoms with Gasteiger partial charge in [-0.3, -0.25) is 9.78 Å². The number of nitrogens with zero attached hydrogens (tertiary/aromatic N) is 1. The monoisotopic (exact) mass is 286 g/mol. The lowest BCUT2D eigenvalue weighted by Crippen LogP contribution is -2.23. The van der Waals surface area contributed by atoms with E-state index in [1.807, 2.05) is 12.1 Å². The zero-order valence-electron chi connectivity index (χ0n) is 12.1. The van der Waals surface area contributed by atoms with Gasteiger partial charge < -0.3 is 14.8 Å². The number of carbonyl (C=O) groups excluding carboxylic acids is 1. The summed E-state index contributed by atoms with van der Waals surface area (Å²) in [6.07, 6.45) is 3.45. The third-order valence-corrected chi connectivity index (χ3v) is 3.07. The van der Waals surface area contributed by atoms with Crippen LogP contribution in [-0.4, -0.2) is 31.5 Å². The van der Waals surface area contributed by atoms with Gasteiger partial charge in [0.2, 0.25) is 0 Å². The Bertz CT molecular complexity index is 600. The number of ketones is 1. The number of carbonyl (C=O) groups is 1. The maximum atomic E-state index is 12.3. The highest BCUT2D eigenvalue weighted by molar-refractivity contribution is 6.00. The van der Waals surface area contributed by atoms with E-state index in [4.69, 9.17) is 9.47 Å². The van der Waals surface area contributed by atoms with Crippen molar-refractivity contribution >= 4 is 5.78 Å². The van der Waals surface area contributed by atoms with E-state index in [9.17, 15) is 4.79 Å². The first-order chi connectivity index (χ1) is 10.2. The number of hydrogen-bond acceptors (Lipinski definition) is 5. The van der Waals surface area contributed by atoms with Gasteiger partial charge in [0.05, 0.1) is 26.3 Å². The molecule has 1 aromatic heterocycles. The fourth-order valence-corrected chi connectivity index (χ4v) is 1.95. The minimum atomic E-state index is -0.0418. The summed E-state index contributed by atoms with van der Waals surface area (Å²) in [6.45, 7) is 0.840. The van der Waals surface area contributed by atoms with Gasteiger partial charge in [-0.15, -0.1) is 0 Å². The van der Waals surface area contributed by atoms with Crippen LogP contribution in [0, 0.1) is 0 Å². The molecular weight excluding hydrogens is 268 g/mol. The molecule has 21 heavy (non-hydrogen) atoms. The van der Waals surface area contributed by atoms with Crippen LogP contribution in [0.5, 0.6) is 11.5 Å². The van der Waals surface area contributed by atoms with Crippen LogP contribution in [-0.2, 0) is 6.54 Å². The molecule has 0 aliphatic carbocycles. The summed E-state index contributed by atoms with van der Waals surface area (Å²) in [5, 5.41) is 3.12. The fourth-order valence-electron chi connectivity index (χ4n) is 1.95. The Balaban J connectivity index is 1.99. The van der Waals surface area contributed by atoms with Gasteiger partial charge in [0, 0.05) is 18.9 Å². The number of rotatable bonds is 7. The molecule has 1 N–H and O–H groups in total. The molecule has 0 aliphatic rings. The Kier molecular flexibility index (Phi) is 5.29. The fraction of sp³-hybridized carbons (Fsp3) is 0.250. The summed E-state index contributed by atoms with van der Waals surface area (Å²) in [5.41, 5.74) is 1.59. The van der Waals surface area contributed by atoms with Crippen molar-refractivity contribution in [1.82, 2.24) is 10.3 Å². The van der Waals surface area contributed by atoms with E-state index in [0.29, 0.717) is 23.6 Å². The zero-order valence-corrected chi connectivity index (χ0v) is 12.1. The second-order valence-corrected chi connectivity index (χ2v) is 4.45. The van der Waals surface area contributed by atoms with Gasteiger partial charge >= 0.3 is 0 Å². The van der Waals surface area contributed by atoms with Crippen molar-refractivity contribution in [3.05, 3.63) is 53.9 Å². The van der Waals surface area contributed by atoms with E-state index in [1.54, 1.807) is 44.8 Å². The topological polar surface area (TPSA) is 60.5 Å². The van der Waals surface area contributed by atoms with Crippen LogP contribution in [0.15, 0.2) is 42.7 Å². The molecule has 2 aromatic rings. The Morgan fingerprint density at radius 3 is 2.57 bits per heavy atom. The lowest BCUT2D eigenvalue weighted by atomic mass is 10.1. The predicted octanol–water partition coefficient (Wildman–Crippen LogP) is 2.07. The van der Waals surface area contributed by atoms with Gasteiger partial charge in [-0.2, -0.15) is 0 Å². The molecule has 0 amide bonds. The van der Waals surface area contributed by atoms with Gasteiger partial charge in [0.25, 0.3) is 0 Å². The lowest BCUT2D eigenvalue weighted by molar-refractivity contribution is 0.0987. The van der Waals surface area contributed by atoms with E-state index < -0.39 is 0 Å². The number of aromatic nitrogens is 1. The molecule has 5 heteroatoms. The largest absolute Gasteiger partial charge is 0.497 e. The van der Waals surface area contributed by atoms with Crippen LogP contribution in [0.3, 0.4) is 0 Å². The SMILES string of the molecule is COc1ccc(OC)c(C(=O)CNCc2ccncc2)c1. The molecule has 0 aliphatic heterocycles. The van der Waals surface area contributed by atoms with Crippen LogP contribution >= 0.6 is 0 Å². The Morgan fingerprint density at radius 2 is 1.90 bits per heavy atom. The van der Waals surface area contributed by atoms with E-state index in [-0.39, 0.29) is 12.3 Å². The van der Waals surface area contributed by atoms with Crippen LogP contribution in [0.2, 0.25) is 0 Å². The van der Waals surface area contributed by atoms with Crippen molar-refractivity contribution in [2.75, 3.05) is 20.8 Å². The van der Waals surface area contributed by atoms with E-state index in [2.05, 4.69) is 10.3 Å². The maximum absolute atomic E-state index is 12.3. The van der Waals surface area contributed by atoms with Crippen LogP contribution < -0.4 is 14.8 Å². The molecule has 2 rings (SSSR count). The Morgan fingerprint density at radius 1 is 1.14 bits per heavy atom. The summed E-state index contributed by atoms with van der Waals surface area (Å²) in [4.78, 5) is 16.2. The van der Waals surface area contributed by atoms with Crippen molar-refractivity contribution in [3.63, 3.8) is 0 Å². The van der Waals surface area contributed by atoms with Gasteiger partial charge in [-0.05, 0) is 35.9 Å². The molecule has 0 saturated carbocycles. The van der Waals surface area contributed by atoms with Gasteiger partial charge in [-0.1, -0.05) is 0 Å². The molecule has 0 bridgehead atoms. The predicted molar refractivity (Wildman–Crippen MR) is 79.8 cm³/mol. The highest BCUT2D eigenvalue weighted by Crippen LogP contribution is 2.24. The first-order valence-electron chi connectivity index (χ1n) is 6.59. The van der Waals surface area contributed by atoms with Crippen LogP contribution in [0.1, 0.15) is 15.9 Å². The smallest absolute Gasteiger partial charge is 0.180 e. The standard InChI is InChI=1S/C16H18N2O3/c1-20-13-3-4-16(21-2)14(9-13)15(19)11-18-10-12-5-7-17-8-6-12/h3-9,18H,10-11H2,1-2H3. The summed E-state index contributed by atoms with van der Waals surface area (Å²) in [6, 6.07) is 9.00. The molecule has 5 nitrogen and oxygen atoms in total. The highest BCUT2D eigenvalue weighted by Gasteiger charge is 2.13. The molecule has 0 spiro atoms. The minimum absolute atomic E-state index is 0.0418. The number of benzene rings is 1. The highest BCUT2D eigenvalue weighted by atomic mass is 16.5. The second-order valence-electron chi connectivity index (χ2n) is 4.45. The molecule has 110 valence electrons. The molecule has 0 saturated heterocycles. The molecule has 0 radical (unpaired) electrons. The second kappa shape index (κ2) is 7.40. The van der Waals surface area contributed by atoms with E-state index in [0.717, 1.165) is 5.56 Å². The first-order valence-corrected chi connectivity index (χ1v) is 6.59. The molecule has 0 unspecified atom stereocenters. The summed E-state index contributed by atoms with van der Waals surface area (Å²) in [5.74, 6) is 1.14. The number of Topliss-reactive ketones (excluding diaryl/α,β-unsaturated/α-hetero) is 1. The third-order valence-electron chi connectivity index (χ3n) is 3.07. The number of ether oxygens (including phenoxy) is 2. The van der Waals surface area contributed by atoms with Crippen molar-refractivity contribution in [2.24, 2.45) is 0 Å². The molecule has 0 atom stereocenters. The Labute approximate surface area is 123 Å². The maximum Gasteiger partial charge on any atom is 0.180 e. The van der Waals surface area contributed by atoms with Crippen molar-refractivity contribution in [2.45, 2.75) is 6.54 Å². The average molecular weight is 286 g/mol. The molecule has 1 heterocycles. The van der Waals surface area contributed by atoms with Crippen LogP contribution in [0.4, 0.5) is 0 Å². The number of methoxy groups -OCH3 is 2. The molecule has 0 fully saturated rings. The van der Waals surface area contributed by atoms with Gasteiger partial charge in [-0.25, -0.2) is 0 Å². The minimum Gasteiger partial charge on any atom is -0.497 e. The lowest BCUT2D eigenvalue weighted by Gasteiger charge is -2.10. The normalized spacial score (nSPS) is 10.2. The van der Waals surface area contributed by atoms with Gasteiger partial charge in [0.15, 0.2) is 5.78 Å². The summed E-state index contributed by atoms with van der Waals surface area (Å²) >= 11 is 0. The number of pyridine rings is 1. The quantitative estimate of drug-likeness (QED) is 0.790. The average Bonchev–Trinajstić information content (AvgIpc) is 2.55. The first kappa shape index (κ1) is 15.0. The van der Waals surface area contributed by atoms with E-state index >= 15 is 0 Å². The zero-order chi connectivity index (χ0) is 15.1. The summed E-state index contributed by atoms with van der Waals surface area (Å²) in [7, 11) is 3.11. The van der Waals surface area contributed by atoms with E-state index in [1.165, 1.54) is 0 Å². The van der Waals surface area contributed by atoms with Crippen molar-refractivity contribution < 1.29 is 14.3 Å². The van der Waals surface area contributed by atoms with Crippen molar-refractivity contribution in [1.29, 1.82) is 0 Å². The third kappa shape index (κ3) is 4.03. The number of hydrogen-bond donors (Lipinski definition) is 1.